The number of aryl methyl sites for hydroxylation is 1. The molecule has 0 saturated heterocycles. The summed E-state index contributed by atoms with van der Waals surface area (Å²) in [6.45, 7) is 4.45. The summed E-state index contributed by atoms with van der Waals surface area (Å²) in [5.74, 6) is 0.477. The van der Waals surface area contributed by atoms with Crippen LogP contribution in [-0.4, -0.2) is 34.1 Å². The lowest BCUT2D eigenvalue weighted by atomic mass is 10.4. The maximum absolute atomic E-state index is 10.7. The molecule has 0 aliphatic carbocycles. The summed E-state index contributed by atoms with van der Waals surface area (Å²) in [4.78, 5) is 20.6. The predicted molar refractivity (Wildman–Crippen MR) is 56.9 cm³/mol. The molecule has 5 heteroatoms. The highest BCUT2D eigenvalue weighted by molar-refractivity contribution is 5.73. The van der Waals surface area contributed by atoms with E-state index < -0.39 is 5.97 Å². The number of aliphatic carboxylic acids is 1. The van der Waals surface area contributed by atoms with Gasteiger partial charge in [0.15, 0.2) is 0 Å². The molecular formula is C10H15N3O2. The molecule has 0 spiro atoms. The van der Waals surface area contributed by atoms with Gasteiger partial charge in [0, 0.05) is 12.7 Å². The molecule has 1 heterocycles. The summed E-state index contributed by atoms with van der Waals surface area (Å²) in [5, 5.41) is 8.76. The molecule has 0 unspecified atom stereocenters. The molecule has 1 aromatic heterocycles. The van der Waals surface area contributed by atoms with Crippen molar-refractivity contribution in [3.8, 4) is 0 Å². The van der Waals surface area contributed by atoms with Gasteiger partial charge in [-0.15, -0.1) is 0 Å². The fourth-order valence-corrected chi connectivity index (χ4v) is 1.33. The van der Waals surface area contributed by atoms with E-state index in [0.717, 1.165) is 6.42 Å². The van der Waals surface area contributed by atoms with E-state index in [-0.39, 0.29) is 6.54 Å². The van der Waals surface area contributed by atoms with Crippen molar-refractivity contribution in [3.63, 3.8) is 0 Å². The highest BCUT2D eigenvalue weighted by Crippen LogP contribution is 2.09. The maximum Gasteiger partial charge on any atom is 0.323 e. The molecule has 15 heavy (non-hydrogen) atoms. The molecule has 0 aliphatic heterocycles. The Morgan fingerprint density at radius 3 is 2.87 bits per heavy atom. The summed E-state index contributed by atoms with van der Waals surface area (Å²) >= 11 is 0. The standard InChI is InChI=1S/C10H15N3O2/c1-3-6-13(7-10(14)15)9-4-5-11-8(2)12-9/h4-5H,3,6-7H2,1-2H3,(H,14,15). The van der Waals surface area contributed by atoms with Gasteiger partial charge < -0.3 is 10.0 Å². The number of carboxylic acids is 1. The van der Waals surface area contributed by atoms with Gasteiger partial charge in [-0.05, 0) is 19.4 Å². The Bertz CT molecular complexity index is 341. The van der Waals surface area contributed by atoms with Crippen LogP contribution in [0.25, 0.3) is 0 Å². The first kappa shape index (κ1) is 11.4. The Kier molecular flexibility index (Phi) is 4.03. The summed E-state index contributed by atoms with van der Waals surface area (Å²) in [6.07, 6.45) is 2.53. The van der Waals surface area contributed by atoms with Crippen molar-refractivity contribution in [2.45, 2.75) is 20.3 Å². The average molecular weight is 209 g/mol. The molecule has 1 aromatic rings. The van der Waals surface area contributed by atoms with Crippen molar-refractivity contribution in [1.82, 2.24) is 9.97 Å². The van der Waals surface area contributed by atoms with Crippen molar-refractivity contribution in [1.29, 1.82) is 0 Å². The van der Waals surface area contributed by atoms with Gasteiger partial charge in [0.25, 0.3) is 0 Å². The highest BCUT2D eigenvalue weighted by atomic mass is 16.4. The molecule has 0 bridgehead atoms. The number of carboxylic acid groups (broad SMARTS) is 1. The Hall–Kier alpha value is -1.65. The van der Waals surface area contributed by atoms with Gasteiger partial charge in [0.2, 0.25) is 0 Å². The summed E-state index contributed by atoms with van der Waals surface area (Å²) in [6, 6.07) is 1.73. The van der Waals surface area contributed by atoms with Crippen LogP contribution < -0.4 is 4.90 Å². The lowest BCUT2D eigenvalue weighted by Gasteiger charge is -2.20. The Morgan fingerprint density at radius 1 is 1.60 bits per heavy atom. The zero-order valence-corrected chi connectivity index (χ0v) is 8.97. The van der Waals surface area contributed by atoms with Gasteiger partial charge in [-0.1, -0.05) is 6.92 Å². The van der Waals surface area contributed by atoms with E-state index in [9.17, 15) is 4.79 Å². The lowest BCUT2D eigenvalue weighted by molar-refractivity contribution is -0.135. The molecule has 0 fully saturated rings. The summed E-state index contributed by atoms with van der Waals surface area (Å²) in [7, 11) is 0. The number of nitrogens with zero attached hydrogens (tertiary/aromatic N) is 3. The summed E-state index contributed by atoms with van der Waals surface area (Å²) < 4.78 is 0. The maximum atomic E-state index is 10.7. The minimum atomic E-state index is -0.847. The van der Waals surface area contributed by atoms with Crippen LogP contribution in [0.4, 0.5) is 5.82 Å². The monoisotopic (exact) mass is 209 g/mol. The van der Waals surface area contributed by atoms with E-state index in [1.165, 1.54) is 0 Å². The first-order valence-corrected chi connectivity index (χ1v) is 4.90. The molecule has 0 aliphatic rings. The smallest absolute Gasteiger partial charge is 0.323 e. The molecule has 0 atom stereocenters. The number of hydrogen-bond acceptors (Lipinski definition) is 4. The van der Waals surface area contributed by atoms with E-state index in [1.54, 1.807) is 24.1 Å². The van der Waals surface area contributed by atoms with Crippen LogP contribution >= 0.6 is 0 Å². The van der Waals surface area contributed by atoms with Crippen LogP contribution in [0.5, 0.6) is 0 Å². The second kappa shape index (κ2) is 5.29. The van der Waals surface area contributed by atoms with E-state index in [1.807, 2.05) is 6.92 Å². The molecule has 5 nitrogen and oxygen atoms in total. The van der Waals surface area contributed by atoms with Gasteiger partial charge in [-0.25, -0.2) is 9.97 Å². The van der Waals surface area contributed by atoms with E-state index in [2.05, 4.69) is 9.97 Å². The van der Waals surface area contributed by atoms with Crippen molar-refractivity contribution in [2.75, 3.05) is 18.0 Å². The van der Waals surface area contributed by atoms with Crippen molar-refractivity contribution in [2.24, 2.45) is 0 Å². The first-order valence-electron chi connectivity index (χ1n) is 4.90. The van der Waals surface area contributed by atoms with Gasteiger partial charge in [0.05, 0.1) is 0 Å². The van der Waals surface area contributed by atoms with E-state index in [4.69, 9.17) is 5.11 Å². The van der Waals surface area contributed by atoms with Crippen LogP contribution in [-0.2, 0) is 4.79 Å². The van der Waals surface area contributed by atoms with Gasteiger partial charge in [-0.2, -0.15) is 0 Å². The Labute approximate surface area is 88.8 Å². The number of aromatic nitrogens is 2. The van der Waals surface area contributed by atoms with Crippen LogP contribution in [0.15, 0.2) is 12.3 Å². The molecule has 0 amide bonds. The van der Waals surface area contributed by atoms with Crippen molar-refractivity contribution >= 4 is 11.8 Å². The third kappa shape index (κ3) is 3.53. The molecule has 82 valence electrons. The normalized spacial score (nSPS) is 10.0. The second-order valence-electron chi connectivity index (χ2n) is 3.28. The van der Waals surface area contributed by atoms with Crippen LogP contribution in [0, 0.1) is 6.92 Å². The zero-order valence-electron chi connectivity index (χ0n) is 8.97. The second-order valence-corrected chi connectivity index (χ2v) is 3.28. The lowest BCUT2D eigenvalue weighted by Crippen LogP contribution is -2.31. The number of carbonyl (C=O) groups is 1. The predicted octanol–water partition coefficient (Wildman–Crippen LogP) is 1.09. The number of hydrogen-bond donors (Lipinski definition) is 1. The third-order valence-corrected chi connectivity index (χ3v) is 1.90. The first-order chi connectivity index (χ1) is 7.13. The fraction of sp³-hybridized carbons (Fsp3) is 0.500. The number of anilines is 1. The topological polar surface area (TPSA) is 66.3 Å². The fourth-order valence-electron chi connectivity index (χ4n) is 1.33. The van der Waals surface area contributed by atoms with Crippen LogP contribution in [0.1, 0.15) is 19.2 Å². The Balaban J connectivity index is 2.83. The SMILES string of the molecule is CCCN(CC(=O)O)c1ccnc(C)n1. The van der Waals surface area contributed by atoms with E-state index in [0.29, 0.717) is 18.2 Å². The molecule has 1 N–H and O–H groups in total. The highest BCUT2D eigenvalue weighted by Gasteiger charge is 2.10. The van der Waals surface area contributed by atoms with Crippen molar-refractivity contribution < 1.29 is 9.90 Å². The zero-order chi connectivity index (χ0) is 11.3. The molecule has 0 aromatic carbocycles. The minimum absolute atomic E-state index is 0.0235. The van der Waals surface area contributed by atoms with Crippen molar-refractivity contribution in [3.05, 3.63) is 18.1 Å². The van der Waals surface area contributed by atoms with Gasteiger partial charge in [-0.3, -0.25) is 4.79 Å². The quantitative estimate of drug-likeness (QED) is 0.786. The molecule has 0 radical (unpaired) electrons. The van der Waals surface area contributed by atoms with Crippen LogP contribution in [0.3, 0.4) is 0 Å². The Morgan fingerprint density at radius 2 is 2.33 bits per heavy atom. The number of rotatable bonds is 5. The third-order valence-electron chi connectivity index (χ3n) is 1.90. The van der Waals surface area contributed by atoms with Crippen LogP contribution in [0.2, 0.25) is 0 Å². The minimum Gasteiger partial charge on any atom is -0.480 e. The van der Waals surface area contributed by atoms with E-state index >= 15 is 0 Å². The van der Waals surface area contributed by atoms with Gasteiger partial charge in [0.1, 0.15) is 18.2 Å². The summed E-state index contributed by atoms with van der Waals surface area (Å²) in [5.41, 5.74) is 0. The average Bonchev–Trinajstić information content (AvgIpc) is 2.16. The largest absolute Gasteiger partial charge is 0.480 e. The molecular weight excluding hydrogens is 194 g/mol. The molecule has 1 rings (SSSR count). The molecule has 0 saturated carbocycles. The van der Waals surface area contributed by atoms with Gasteiger partial charge >= 0.3 is 5.97 Å².